The fourth-order valence-corrected chi connectivity index (χ4v) is 1.94. The summed E-state index contributed by atoms with van der Waals surface area (Å²) in [6.45, 7) is 4.47. The monoisotopic (exact) mass is 254 g/mol. The maximum Gasteiger partial charge on any atom is 0.305 e. The number of hydrogen-bond donors (Lipinski definition) is 2. The molecule has 1 aromatic rings. The molecule has 0 saturated carbocycles. The summed E-state index contributed by atoms with van der Waals surface area (Å²) in [5.74, 6) is -0.860. The minimum Gasteiger partial charge on any atom is -0.481 e. The van der Waals surface area contributed by atoms with E-state index in [2.05, 4.69) is 5.10 Å². The van der Waals surface area contributed by atoms with Gasteiger partial charge in [0.2, 0.25) is 0 Å². The molecule has 0 unspecified atom stereocenters. The highest BCUT2D eigenvalue weighted by atomic mass is 16.4. The maximum absolute atomic E-state index is 11.4. The second-order valence-electron chi connectivity index (χ2n) is 4.00. The van der Waals surface area contributed by atoms with Crippen molar-refractivity contribution in [2.75, 3.05) is 18.0 Å². The Morgan fingerprint density at radius 3 is 2.56 bits per heavy atom. The van der Waals surface area contributed by atoms with Crippen LogP contribution >= 0.6 is 0 Å². The van der Waals surface area contributed by atoms with E-state index in [4.69, 9.17) is 10.8 Å². The second kappa shape index (κ2) is 5.52. The Hall–Kier alpha value is -2.05. The molecule has 0 radical (unpaired) electrons. The Kier molecular flexibility index (Phi) is 4.30. The smallest absolute Gasteiger partial charge is 0.305 e. The summed E-state index contributed by atoms with van der Waals surface area (Å²) in [6, 6.07) is 0. The average Bonchev–Trinajstić information content (AvgIpc) is 2.55. The van der Waals surface area contributed by atoms with E-state index < -0.39 is 11.9 Å². The van der Waals surface area contributed by atoms with Crippen molar-refractivity contribution < 1.29 is 14.7 Å². The van der Waals surface area contributed by atoms with Crippen molar-refractivity contribution in [3.8, 4) is 0 Å². The van der Waals surface area contributed by atoms with Gasteiger partial charge < -0.3 is 15.7 Å². The van der Waals surface area contributed by atoms with Crippen LogP contribution in [0.25, 0.3) is 0 Å². The number of hydrogen-bond acceptors (Lipinski definition) is 4. The van der Waals surface area contributed by atoms with Crippen LogP contribution in [0.2, 0.25) is 0 Å². The van der Waals surface area contributed by atoms with Gasteiger partial charge in [-0.15, -0.1) is 0 Å². The van der Waals surface area contributed by atoms with Gasteiger partial charge in [-0.05, 0) is 13.8 Å². The summed E-state index contributed by atoms with van der Waals surface area (Å²) in [5.41, 5.74) is 6.24. The number of nitrogens with zero attached hydrogens (tertiary/aromatic N) is 3. The average molecular weight is 254 g/mol. The van der Waals surface area contributed by atoms with Crippen LogP contribution in [0.3, 0.4) is 0 Å². The number of carboxylic acid groups (broad SMARTS) is 1. The van der Waals surface area contributed by atoms with Crippen molar-refractivity contribution in [1.29, 1.82) is 0 Å². The lowest BCUT2D eigenvalue weighted by molar-refractivity contribution is -0.136. The van der Waals surface area contributed by atoms with Crippen LogP contribution in [0.5, 0.6) is 0 Å². The lowest BCUT2D eigenvalue weighted by Crippen LogP contribution is -2.30. The number of rotatable bonds is 6. The fraction of sp³-hybridized carbons (Fsp3) is 0.545. The summed E-state index contributed by atoms with van der Waals surface area (Å²) in [5, 5.41) is 12.9. The Morgan fingerprint density at radius 2 is 2.11 bits per heavy atom. The molecule has 3 N–H and O–H groups in total. The van der Waals surface area contributed by atoms with Gasteiger partial charge in [0, 0.05) is 20.1 Å². The van der Waals surface area contributed by atoms with E-state index in [1.165, 1.54) is 0 Å². The number of aromatic nitrogens is 2. The van der Waals surface area contributed by atoms with Crippen molar-refractivity contribution in [3.63, 3.8) is 0 Å². The van der Waals surface area contributed by atoms with Crippen molar-refractivity contribution in [3.05, 3.63) is 11.3 Å². The summed E-state index contributed by atoms with van der Waals surface area (Å²) in [4.78, 5) is 23.8. The van der Waals surface area contributed by atoms with Crippen LogP contribution in [0.4, 0.5) is 5.82 Å². The molecule has 18 heavy (non-hydrogen) atoms. The third kappa shape index (κ3) is 2.79. The van der Waals surface area contributed by atoms with Gasteiger partial charge in [-0.3, -0.25) is 14.3 Å². The Labute approximate surface area is 105 Å². The molecular weight excluding hydrogens is 236 g/mol. The van der Waals surface area contributed by atoms with Gasteiger partial charge >= 0.3 is 5.97 Å². The predicted molar refractivity (Wildman–Crippen MR) is 66.6 cm³/mol. The fourth-order valence-electron chi connectivity index (χ4n) is 1.94. The quantitative estimate of drug-likeness (QED) is 0.751. The molecule has 1 rings (SSSR count). The molecule has 0 aliphatic carbocycles. The number of anilines is 1. The van der Waals surface area contributed by atoms with Gasteiger partial charge in [0.1, 0.15) is 11.4 Å². The number of carbonyl (C=O) groups excluding carboxylic acids is 1. The van der Waals surface area contributed by atoms with Crippen LogP contribution in [0.15, 0.2) is 0 Å². The molecule has 0 saturated heterocycles. The minimum absolute atomic E-state index is 0.00370. The summed E-state index contributed by atoms with van der Waals surface area (Å²) in [6.07, 6.45) is -0.00370. The lowest BCUT2D eigenvalue weighted by atomic mass is 10.2. The third-order valence-corrected chi connectivity index (χ3v) is 2.72. The number of aliphatic carboxylic acids is 1. The maximum atomic E-state index is 11.4. The van der Waals surface area contributed by atoms with Crippen molar-refractivity contribution >= 4 is 17.7 Å². The van der Waals surface area contributed by atoms with Gasteiger partial charge in [-0.1, -0.05) is 0 Å². The zero-order chi connectivity index (χ0) is 13.9. The first-order chi connectivity index (χ1) is 8.38. The number of carbonyl (C=O) groups is 2. The Balaban J connectivity index is 3.12. The van der Waals surface area contributed by atoms with Gasteiger partial charge in [-0.25, -0.2) is 0 Å². The first-order valence-corrected chi connectivity index (χ1v) is 5.68. The van der Waals surface area contributed by atoms with Crippen LogP contribution in [-0.4, -0.2) is 39.9 Å². The molecule has 0 bridgehead atoms. The van der Waals surface area contributed by atoms with Gasteiger partial charge in [0.25, 0.3) is 5.91 Å². The first kappa shape index (κ1) is 14.0. The SMILES string of the molecule is CCN(CCC(=O)O)c1c(C(N)=O)c(C)nn1C. The standard InChI is InChI=1S/C11H18N4O3/c1-4-15(6-5-8(16)17)11-9(10(12)18)7(2)13-14(11)3/h4-6H2,1-3H3,(H2,12,18)(H,16,17). The molecule has 7 nitrogen and oxygen atoms in total. The zero-order valence-corrected chi connectivity index (χ0v) is 10.8. The summed E-state index contributed by atoms with van der Waals surface area (Å²) >= 11 is 0. The lowest BCUT2D eigenvalue weighted by Gasteiger charge is -2.23. The number of nitrogens with two attached hydrogens (primary N) is 1. The van der Waals surface area contributed by atoms with Gasteiger partial charge in [0.05, 0.1) is 12.1 Å². The first-order valence-electron chi connectivity index (χ1n) is 5.68. The normalized spacial score (nSPS) is 10.4. The largest absolute Gasteiger partial charge is 0.481 e. The van der Waals surface area contributed by atoms with Crippen molar-refractivity contribution in [2.24, 2.45) is 12.8 Å². The molecule has 0 fully saturated rings. The number of aryl methyl sites for hydroxylation is 2. The highest BCUT2D eigenvalue weighted by Crippen LogP contribution is 2.22. The molecule has 0 aromatic carbocycles. The highest BCUT2D eigenvalue weighted by molar-refractivity contribution is 5.99. The zero-order valence-electron chi connectivity index (χ0n) is 10.8. The topological polar surface area (TPSA) is 101 Å². The molecule has 1 heterocycles. The molecule has 1 amide bonds. The van der Waals surface area contributed by atoms with Crippen LogP contribution < -0.4 is 10.6 Å². The molecule has 100 valence electrons. The molecule has 0 aliphatic rings. The highest BCUT2D eigenvalue weighted by Gasteiger charge is 2.22. The second-order valence-corrected chi connectivity index (χ2v) is 4.00. The number of primary amides is 1. The summed E-state index contributed by atoms with van der Waals surface area (Å²) < 4.78 is 1.56. The molecule has 7 heteroatoms. The van der Waals surface area contributed by atoms with Crippen LogP contribution in [0.1, 0.15) is 29.4 Å². The number of amides is 1. The van der Waals surface area contributed by atoms with E-state index in [1.54, 1.807) is 23.6 Å². The summed E-state index contributed by atoms with van der Waals surface area (Å²) in [7, 11) is 1.71. The number of carboxylic acids is 1. The van der Waals surface area contributed by atoms with E-state index in [9.17, 15) is 9.59 Å². The molecule has 0 spiro atoms. The van der Waals surface area contributed by atoms with Gasteiger partial charge in [0.15, 0.2) is 0 Å². The molecule has 1 aromatic heterocycles. The molecule has 0 aliphatic heterocycles. The van der Waals surface area contributed by atoms with E-state index in [0.29, 0.717) is 30.2 Å². The van der Waals surface area contributed by atoms with Crippen LogP contribution in [-0.2, 0) is 11.8 Å². The molecular formula is C11H18N4O3. The van der Waals surface area contributed by atoms with E-state index in [1.807, 2.05) is 6.92 Å². The van der Waals surface area contributed by atoms with Crippen molar-refractivity contribution in [1.82, 2.24) is 9.78 Å². The molecule has 0 atom stereocenters. The van der Waals surface area contributed by atoms with Crippen LogP contribution in [0, 0.1) is 6.92 Å². The van der Waals surface area contributed by atoms with Gasteiger partial charge in [-0.2, -0.15) is 5.10 Å². The Bertz CT molecular complexity index is 467. The third-order valence-electron chi connectivity index (χ3n) is 2.72. The Morgan fingerprint density at radius 1 is 1.50 bits per heavy atom. The predicted octanol–water partition coefficient (Wildman–Crippen LogP) is 0.128. The van der Waals surface area contributed by atoms with E-state index in [0.717, 1.165) is 0 Å². The van der Waals surface area contributed by atoms with E-state index in [-0.39, 0.29) is 6.42 Å². The van der Waals surface area contributed by atoms with Crippen molar-refractivity contribution in [2.45, 2.75) is 20.3 Å². The minimum atomic E-state index is -0.882. The van der Waals surface area contributed by atoms with E-state index >= 15 is 0 Å².